The highest BCUT2D eigenvalue weighted by atomic mass is 35.5. The molecule has 92 valence electrons. The zero-order chi connectivity index (χ0) is 12.4. The van der Waals surface area contributed by atoms with Crippen molar-refractivity contribution in [2.75, 3.05) is 6.54 Å². The standard InChI is InChI=1S/C13H17ClN2O/c1-3-11-13(17)16(4-2)12(15-11)9-5-7-10(14)8-6-9/h5-8,11-12,15H,3-4H2,1-2H3. The minimum absolute atomic E-state index is 0.0188. The van der Waals surface area contributed by atoms with Gasteiger partial charge in [0.1, 0.15) is 6.17 Å². The number of carbonyl (C=O) groups excluding carboxylic acids is 1. The third kappa shape index (κ3) is 2.31. The lowest BCUT2D eigenvalue weighted by Gasteiger charge is -2.22. The molecule has 17 heavy (non-hydrogen) atoms. The van der Waals surface area contributed by atoms with Gasteiger partial charge >= 0.3 is 0 Å². The van der Waals surface area contributed by atoms with Crippen LogP contribution in [0.1, 0.15) is 32.0 Å². The Morgan fingerprint density at radius 2 is 1.94 bits per heavy atom. The monoisotopic (exact) mass is 252 g/mol. The molecule has 1 aromatic rings. The number of amides is 1. The van der Waals surface area contributed by atoms with Crippen LogP contribution in [0, 0.1) is 0 Å². The molecular weight excluding hydrogens is 236 g/mol. The van der Waals surface area contributed by atoms with Gasteiger partial charge in [0.05, 0.1) is 6.04 Å². The van der Waals surface area contributed by atoms with Gasteiger partial charge in [-0.05, 0) is 31.0 Å². The lowest BCUT2D eigenvalue weighted by Crippen LogP contribution is -2.30. The Bertz CT molecular complexity index is 404. The van der Waals surface area contributed by atoms with E-state index < -0.39 is 0 Å². The number of carbonyl (C=O) groups is 1. The second-order valence-electron chi connectivity index (χ2n) is 4.21. The van der Waals surface area contributed by atoms with E-state index in [-0.39, 0.29) is 18.1 Å². The molecule has 1 saturated heterocycles. The van der Waals surface area contributed by atoms with E-state index in [1.807, 2.05) is 43.0 Å². The first kappa shape index (κ1) is 12.4. The summed E-state index contributed by atoms with van der Waals surface area (Å²) in [4.78, 5) is 13.9. The van der Waals surface area contributed by atoms with Crippen molar-refractivity contribution in [3.8, 4) is 0 Å². The van der Waals surface area contributed by atoms with E-state index in [0.717, 1.165) is 18.5 Å². The number of benzene rings is 1. The summed E-state index contributed by atoms with van der Waals surface area (Å²) in [6.07, 6.45) is 0.800. The van der Waals surface area contributed by atoms with Crippen molar-refractivity contribution in [1.82, 2.24) is 10.2 Å². The SMILES string of the molecule is CCC1NC(c2ccc(Cl)cc2)N(CC)C1=O. The van der Waals surface area contributed by atoms with E-state index in [1.54, 1.807) is 0 Å². The Balaban J connectivity index is 2.26. The third-order valence-electron chi connectivity index (χ3n) is 3.19. The van der Waals surface area contributed by atoms with E-state index in [9.17, 15) is 4.79 Å². The lowest BCUT2D eigenvalue weighted by atomic mass is 10.1. The van der Waals surface area contributed by atoms with Gasteiger partial charge in [0.15, 0.2) is 0 Å². The maximum atomic E-state index is 12.1. The molecule has 0 bridgehead atoms. The molecule has 2 unspecified atom stereocenters. The minimum atomic E-state index is -0.0596. The smallest absolute Gasteiger partial charge is 0.241 e. The molecular formula is C13H17ClN2O. The van der Waals surface area contributed by atoms with Crippen LogP contribution in [-0.4, -0.2) is 23.4 Å². The van der Waals surface area contributed by atoms with Crippen molar-refractivity contribution in [2.45, 2.75) is 32.5 Å². The molecule has 0 spiro atoms. The molecule has 1 N–H and O–H groups in total. The number of hydrogen-bond donors (Lipinski definition) is 1. The van der Waals surface area contributed by atoms with Gasteiger partial charge in [-0.1, -0.05) is 30.7 Å². The highest BCUT2D eigenvalue weighted by Crippen LogP contribution is 2.26. The Hall–Kier alpha value is -1.06. The second kappa shape index (κ2) is 5.07. The van der Waals surface area contributed by atoms with Crippen molar-refractivity contribution >= 4 is 17.5 Å². The van der Waals surface area contributed by atoms with Crippen molar-refractivity contribution in [3.63, 3.8) is 0 Å². The molecule has 1 aliphatic rings. The van der Waals surface area contributed by atoms with Gasteiger partial charge in [0.25, 0.3) is 0 Å². The summed E-state index contributed by atoms with van der Waals surface area (Å²) in [5, 5.41) is 4.08. The molecule has 3 nitrogen and oxygen atoms in total. The number of halogens is 1. The lowest BCUT2D eigenvalue weighted by molar-refractivity contribution is -0.129. The van der Waals surface area contributed by atoms with E-state index in [2.05, 4.69) is 5.32 Å². The fraction of sp³-hybridized carbons (Fsp3) is 0.462. The molecule has 0 aromatic heterocycles. The maximum absolute atomic E-state index is 12.1. The molecule has 2 rings (SSSR count). The number of rotatable bonds is 3. The van der Waals surface area contributed by atoms with Gasteiger partial charge in [-0.25, -0.2) is 0 Å². The molecule has 1 amide bonds. The molecule has 0 saturated carbocycles. The van der Waals surface area contributed by atoms with Crippen LogP contribution in [0.25, 0.3) is 0 Å². The van der Waals surface area contributed by atoms with Gasteiger partial charge in [0, 0.05) is 11.6 Å². The van der Waals surface area contributed by atoms with E-state index in [4.69, 9.17) is 11.6 Å². The number of nitrogens with one attached hydrogen (secondary N) is 1. The molecule has 0 radical (unpaired) electrons. The minimum Gasteiger partial charge on any atom is -0.322 e. The largest absolute Gasteiger partial charge is 0.322 e. The van der Waals surface area contributed by atoms with Gasteiger partial charge < -0.3 is 4.90 Å². The highest BCUT2D eigenvalue weighted by molar-refractivity contribution is 6.30. The first-order chi connectivity index (χ1) is 8.17. The Morgan fingerprint density at radius 3 is 2.47 bits per heavy atom. The van der Waals surface area contributed by atoms with Gasteiger partial charge in [-0.15, -0.1) is 0 Å². The van der Waals surface area contributed by atoms with Crippen LogP contribution in [0.3, 0.4) is 0 Å². The molecule has 4 heteroatoms. The fourth-order valence-corrected chi connectivity index (χ4v) is 2.36. The number of hydrogen-bond acceptors (Lipinski definition) is 2. The van der Waals surface area contributed by atoms with Crippen molar-refractivity contribution in [2.24, 2.45) is 0 Å². The Labute approximate surface area is 107 Å². The summed E-state index contributed by atoms with van der Waals surface area (Å²) in [5.41, 5.74) is 1.08. The van der Waals surface area contributed by atoms with Crippen LogP contribution < -0.4 is 5.32 Å². The fourth-order valence-electron chi connectivity index (χ4n) is 2.23. The topological polar surface area (TPSA) is 32.3 Å². The zero-order valence-electron chi connectivity index (χ0n) is 10.1. The molecule has 1 heterocycles. The summed E-state index contributed by atoms with van der Waals surface area (Å²) in [7, 11) is 0. The Morgan fingerprint density at radius 1 is 1.29 bits per heavy atom. The van der Waals surface area contributed by atoms with E-state index >= 15 is 0 Å². The van der Waals surface area contributed by atoms with E-state index in [1.165, 1.54) is 0 Å². The van der Waals surface area contributed by atoms with E-state index in [0.29, 0.717) is 5.02 Å². The van der Waals surface area contributed by atoms with Gasteiger partial charge in [-0.3, -0.25) is 10.1 Å². The Kier molecular flexibility index (Phi) is 3.69. The molecule has 2 atom stereocenters. The van der Waals surface area contributed by atoms with Crippen LogP contribution in [0.5, 0.6) is 0 Å². The van der Waals surface area contributed by atoms with Crippen molar-refractivity contribution < 1.29 is 4.79 Å². The van der Waals surface area contributed by atoms with Crippen LogP contribution >= 0.6 is 11.6 Å². The molecule has 1 aliphatic heterocycles. The highest BCUT2D eigenvalue weighted by Gasteiger charge is 2.37. The summed E-state index contributed by atoms with van der Waals surface area (Å²) < 4.78 is 0. The second-order valence-corrected chi connectivity index (χ2v) is 4.64. The predicted molar refractivity (Wildman–Crippen MR) is 68.8 cm³/mol. The molecule has 0 aliphatic carbocycles. The van der Waals surface area contributed by atoms with Gasteiger partial charge in [-0.2, -0.15) is 0 Å². The van der Waals surface area contributed by atoms with Gasteiger partial charge in [0.2, 0.25) is 5.91 Å². The normalized spacial score (nSPS) is 24.4. The summed E-state index contributed by atoms with van der Waals surface area (Å²) in [6.45, 7) is 4.74. The maximum Gasteiger partial charge on any atom is 0.241 e. The quantitative estimate of drug-likeness (QED) is 0.897. The molecule has 1 fully saturated rings. The first-order valence-electron chi connectivity index (χ1n) is 5.99. The van der Waals surface area contributed by atoms with Crippen molar-refractivity contribution in [3.05, 3.63) is 34.9 Å². The average Bonchev–Trinajstić information content (AvgIpc) is 2.66. The predicted octanol–water partition coefficient (Wildman–Crippen LogP) is 2.57. The number of likely N-dealkylation sites (N-methyl/N-ethyl adjacent to an activating group) is 1. The summed E-state index contributed by atoms with van der Waals surface area (Å²) in [5.74, 6) is 0.190. The van der Waals surface area contributed by atoms with Crippen LogP contribution in [0.15, 0.2) is 24.3 Å². The van der Waals surface area contributed by atoms with Crippen LogP contribution in [-0.2, 0) is 4.79 Å². The van der Waals surface area contributed by atoms with Crippen LogP contribution in [0.4, 0.5) is 0 Å². The third-order valence-corrected chi connectivity index (χ3v) is 3.44. The first-order valence-corrected chi connectivity index (χ1v) is 6.37. The molecule has 1 aromatic carbocycles. The number of nitrogens with zero attached hydrogens (tertiary/aromatic N) is 1. The summed E-state index contributed by atoms with van der Waals surface area (Å²) in [6, 6.07) is 7.59. The average molecular weight is 253 g/mol. The summed E-state index contributed by atoms with van der Waals surface area (Å²) >= 11 is 5.87. The zero-order valence-corrected chi connectivity index (χ0v) is 10.9. The van der Waals surface area contributed by atoms with Crippen LogP contribution in [0.2, 0.25) is 5.02 Å². The van der Waals surface area contributed by atoms with Crippen molar-refractivity contribution in [1.29, 1.82) is 0 Å².